The standard InChI is InChI=1S/C26H21N3O2S/c30-25-24(17-22-16-23(27-31-22)20-12-6-2-7-13-20)28(18-19-10-4-1-5-11-19)26(32)29(25)21-14-8-3-9-15-21/h1-16,24H,17-18H2. The first-order chi connectivity index (χ1) is 15.7. The first-order valence-electron chi connectivity index (χ1n) is 10.5. The molecule has 6 heteroatoms. The van der Waals surface area contributed by atoms with Crippen LogP contribution in [-0.2, 0) is 17.8 Å². The number of carbonyl (C=O) groups excluding carboxylic acids is 1. The van der Waals surface area contributed by atoms with Gasteiger partial charge in [0.15, 0.2) is 5.11 Å². The van der Waals surface area contributed by atoms with Gasteiger partial charge in [-0.15, -0.1) is 0 Å². The zero-order valence-electron chi connectivity index (χ0n) is 17.3. The SMILES string of the molecule is O=C1C(Cc2cc(-c3ccccc3)no2)N(Cc2ccccc2)C(=S)N1c1ccccc1. The van der Waals surface area contributed by atoms with E-state index in [0.29, 0.717) is 23.8 Å². The second-order valence-corrected chi connectivity index (χ2v) is 8.03. The van der Waals surface area contributed by atoms with E-state index in [2.05, 4.69) is 5.16 Å². The third-order valence-electron chi connectivity index (χ3n) is 5.55. The lowest BCUT2D eigenvalue weighted by molar-refractivity contribution is -0.119. The minimum Gasteiger partial charge on any atom is -0.361 e. The molecular weight excluding hydrogens is 418 g/mol. The molecule has 32 heavy (non-hydrogen) atoms. The maximum absolute atomic E-state index is 13.5. The smallest absolute Gasteiger partial charge is 0.256 e. The number of carbonyl (C=O) groups is 1. The Labute approximate surface area is 191 Å². The maximum atomic E-state index is 13.5. The molecule has 5 nitrogen and oxygen atoms in total. The lowest BCUT2D eigenvalue weighted by Gasteiger charge is -2.23. The minimum atomic E-state index is -0.473. The van der Waals surface area contributed by atoms with E-state index in [4.69, 9.17) is 16.7 Å². The average Bonchev–Trinajstić information content (AvgIpc) is 3.40. The fourth-order valence-electron chi connectivity index (χ4n) is 3.95. The molecule has 0 aliphatic carbocycles. The molecule has 3 aromatic carbocycles. The van der Waals surface area contributed by atoms with Crippen molar-refractivity contribution in [2.24, 2.45) is 0 Å². The van der Waals surface area contributed by atoms with E-state index in [1.54, 1.807) is 4.90 Å². The van der Waals surface area contributed by atoms with Crippen LogP contribution in [-0.4, -0.2) is 27.1 Å². The van der Waals surface area contributed by atoms with Crippen molar-refractivity contribution in [3.8, 4) is 11.3 Å². The van der Waals surface area contributed by atoms with Crippen LogP contribution in [0.3, 0.4) is 0 Å². The monoisotopic (exact) mass is 439 g/mol. The van der Waals surface area contributed by atoms with Crippen LogP contribution in [0.15, 0.2) is 102 Å². The van der Waals surface area contributed by atoms with Crippen LogP contribution < -0.4 is 4.90 Å². The molecular formula is C26H21N3O2S. The van der Waals surface area contributed by atoms with Gasteiger partial charge in [0.05, 0.1) is 5.69 Å². The highest BCUT2D eigenvalue weighted by Gasteiger charge is 2.43. The summed E-state index contributed by atoms with van der Waals surface area (Å²) in [5.74, 6) is 0.591. The molecule has 0 bridgehead atoms. The Hall–Kier alpha value is -3.77. The molecule has 1 unspecified atom stereocenters. The Morgan fingerprint density at radius 2 is 1.50 bits per heavy atom. The van der Waals surface area contributed by atoms with Crippen molar-refractivity contribution in [2.75, 3.05) is 4.90 Å². The molecule has 0 saturated carbocycles. The zero-order valence-corrected chi connectivity index (χ0v) is 18.1. The predicted octanol–water partition coefficient (Wildman–Crippen LogP) is 5.09. The van der Waals surface area contributed by atoms with Crippen LogP contribution in [0.5, 0.6) is 0 Å². The van der Waals surface area contributed by atoms with E-state index in [9.17, 15) is 4.79 Å². The van der Waals surface area contributed by atoms with E-state index in [0.717, 1.165) is 22.5 Å². The molecule has 0 radical (unpaired) electrons. The molecule has 5 rings (SSSR count). The van der Waals surface area contributed by atoms with Gasteiger partial charge in [-0.3, -0.25) is 9.69 Å². The van der Waals surface area contributed by atoms with Gasteiger partial charge in [-0.1, -0.05) is 84.0 Å². The van der Waals surface area contributed by atoms with Crippen molar-refractivity contribution in [3.63, 3.8) is 0 Å². The summed E-state index contributed by atoms with van der Waals surface area (Å²) in [5, 5.41) is 4.71. The predicted molar refractivity (Wildman–Crippen MR) is 128 cm³/mol. The first-order valence-corrected chi connectivity index (χ1v) is 10.9. The summed E-state index contributed by atoms with van der Waals surface area (Å²) in [6, 6.07) is 30.8. The lowest BCUT2D eigenvalue weighted by Crippen LogP contribution is -2.36. The van der Waals surface area contributed by atoms with Crippen molar-refractivity contribution in [1.29, 1.82) is 0 Å². The molecule has 1 saturated heterocycles. The van der Waals surface area contributed by atoms with Crippen LogP contribution in [0, 0.1) is 0 Å². The van der Waals surface area contributed by atoms with Crippen LogP contribution >= 0.6 is 12.2 Å². The number of hydrogen-bond donors (Lipinski definition) is 0. The number of hydrogen-bond acceptors (Lipinski definition) is 4. The molecule has 4 aromatic rings. The molecule has 0 spiro atoms. The summed E-state index contributed by atoms with van der Waals surface area (Å²) in [5.41, 5.74) is 3.58. The summed E-state index contributed by atoms with van der Waals surface area (Å²) >= 11 is 5.78. The van der Waals surface area contributed by atoms with Crippen LogP contribution in [0.1, 0.15) is 11.3 Å². The summed E-state index contributed by atoms with van der Waals surface area (Å²) in [6.45, 7) is 0.541. The summed E-state index contributed by atoms with van der Waals surface area (Å²) in [6.07, 6.45) is 0.384. The van der Waals surface area contributed by atoms with Crippen molar-refractivity contribution in [2.45, 2.75) is 19.0 Å². The van der Waals surface area contributed by atoms with E-state index in [1.165, 1.54) is 0 Å². The highest BCUT2D eigenvalue weighted by atomic mass is 32.1. The molecule has 1 atom stereocenters. The Morgan fingerprint density at radius 3 is 2.19 bits per heavy atom. The number of amides is 1. The Balaban J connectivity index is 1.45. The Bertz CT molecular complexity index is 1230. The topological polar surface area (TPSA) is 49.6 Å². The van der Waals surface area contributed by atoms with Crippen molar-refractivity contribution >= 4 is 28.9 Å². The molecule has 1 fully saturated rings. The number of thiocarbonyl (C=S) groups is 1. The van der Waals surface area contributed by atoms with E-state index in [-0.39, 0.29) is 5.91 Å². The van der Waals surface area contributed by atoms with Gasteiger partial charge in [-0.2, -0.15) is 0 Å². The van der Waals surface area contributed by atoms with Crippen LogP contribution in [0.2, 0.25) is 0 Å². The highest BCUT2D eigenvalue weighted by Crippen LogP contribution is 2.29. The summed E-state index contributed by atoms with van der Waals surface area (Å²) < 4.78 is 5.61. The van der Waals surface area contributed by atoms with E-state index >= 15 is 0 Å². The lowest BCUT2D eigenvalue weighted by atomic mass is 10.1. The van der Waals surface area contributed by atoms with Gasteiger partial charge in [-0.25, -0.2) is 0 Å². The van der Waals surface area contributed by atoms with E-state index in [1.807, 2.05) is 102 Å². The second kappa shape index (κ2) is 8.77. The largest absolute Gasteiger partial charge is 0.361 e. The van der Waals surface area contributed by atoms with Crippen molar-refractivity contribution in [3.05, 3.63) is 108 Å². The second-order valence-electron chi connectivity index (χ2n) is 7.67. The third kappa shape index (κ3) is 3.92. The number of nitrogens with zero attached hydrogens (tertiary/aromatic N) is 3. The van der Waals surface area contributed by atoms with E-state index < -0.39 is 6.04 Å². The molecule has 0 N–H and O–H groups in total. The number of anilines is 1. The quantitative estimate of drug-likeness (QED) is 0.392. The van der Waals surface area contributed by atoms with Gasteiger partial charge in [0.25, 0.3) is 5.91 Å². The third-order valence-corrected chi connectivity index (χ3v) is 5.97. The minimum absolute atomic E-state index is 0.0604. The number of aromatic nitrogens is 1. The van der Waals surface area contributed by atoms with Crippen molar-refractivity contribution < 1.29 is 9.32 Å². The van der Waals surface area contributed by atoms with Gasteiger partial charge in [0.2, 0.25) is 0 Å². The van der Waals surface area contributed by atoms with Gasteiger partial charge >= 0.3 is 0 Å². The van der Waals surface area contributed by atoms with Crippen molar-refractivity contribution in [1.82, 2.24) is 10.1 Å². The fourth-order valence-corrected chi connectivity index (χ4v) is 4.34. The zero-order chi connectivity index (χ0) is 21.9. The average molecular weight is 440 g/mol. The number of rotatable bonds is 6. The molecule has 1 aliphatic heterocycles. The van der Waals surface area contributed by atoms with Crippen LogP contribution in [0.25, 0.3) is 11.3 Å². The normalized spacial score (nSPS) is 16.1. The van der Waals surface area contributed by atoms with Gasteiger partial charge in [0.1, 0.15) is 17.5 Å². The molecule has 158 valence electrons. The number of para-hydroxylation sites is 1. The van der Waals surface area contributed by atoms with Gasteiger partial charge < -0.3 is 9.42 Å². The Kier molecular flexibility index (Phi) is 5.52. The first kappa shape index (κ1) is 20.2. The van der Waals surface area contributed by atoms with Gasteiger partial charge in [-0.05, 0) is 29.9 Å². The fraction of sp³-hybridized carbons (Fsp3) is 0.115. The molecule has 1 aromatic heterocycles. The molecule has 1 amide bonds. The summed E-state index contributed by atoms with van der Waals surface area (Å²) in [7, 11) is 0. The maximum Gasteiger partial charge on any atom is 0.256 e. The van der Waals surface area contributed by atoms with Gasteiger partial charge in [0, 0.05) is 24.6 Å². The Morgan fingerprint density at radius 1 is 0.875 bits per heavy atom. The highest BCUT2D eigenvalue weighted by molar-refractivity contribution is 7.80. The molecule has 1 aliphatic rings. The van der Waals surface area contributed by atoms with Crippen LogP contribution in [0.4, 0.5) is 5.69 Å². The number of benzene rings is 3. The molecule has 2 heterocycles. The summed E-state index contributed by atoms with van der Waals surface area (Å²) in [4.78, 5) is 17.1.